The van der Waals surface area contributed by atoms with Crippen LogP contribution in [0.5, 0.6) is 0 Å². The molecule has 3 heteroatoms. The minimum absolute atomic E-state index is 0.155. The van der Waals surface area contributed by atoms with Crippen molar-refractivity contribution in [2.45, 2.75) is 37.6 Å². The van der Waals surface area contributed by atoms with Crippen molar-refractivity contribution in [2.24, 2.45) is 5.73 Å². The molecule has 2 N–H and O–H groups in total. The highest BCUT2D eigenvalue weighted by Crippen LogP contribution is 2.37. The summed E-state index contributed by atoms with van der Waals surface area (Å²) in [5, 5.41) is 0.155. The van der Waals surface area contributed by atoms with E-state index in [1.165, 1.54) is 24.8 Å². The third-order valence-corrected chi connectivity index (χ3v) is 4.68. The Kier molecular flexibility index (Phi) is 4.27. The Morgan fingerprint density at radius 2 is 1.95 bits per heavy atom. The number of benzene rings is 2. The van der Waals surface area contributed by atoms with Crippen molar-refractivity contribution in [1.82, 2.24) is 0 Å². The Balaban J connectivity index is 1.78. The summed E-state index contributed by atoms with van der Waals surface area (Å²) in [7, 11) is 0. The molecular formula is C18H19ClFN. The van der Waals surface area contributed by atoms with Crippen LogP contribution in [0.15, 0.2) is 42.5 Å². The first-order valence-corrected chi connectivity index (χ1v) is 7.81. The van der Waals surface area contributed by atoms with Gasteiger partial charge in [0.15, 0.2) is 0 Å². The van der Waals surface area contributed by atoms with Crippen LogP contribution in [0.2, 0.25) is 5.02 Å². The molecule has 0 saturated heterocycles. The maximum absolute atomic E-state index is 14.0. The summed E-state index contributed by atoms with van der Waals surface area (Å²) in [6.07, 6.45) is 4.30. The zero-order valence-corrected chi connectivity index (χ0v) is 12.6. The number of hydrogen-bond donors (Lipinski definition) is 1. The molecule has 0 spiro atoms. The van der Waals surface area contributed by atoms with Crippen molar-refractivity contribution < 1.29 is 4.39 Å². The molecule has 110 valence electrons. The van der Waals surface area contributed by atoms with Crippen LogP contribution in [0.4, 0.5) is 4.39 Å². The summed E-state index contributed by atoms with van der Waals surface area (Å²) in [6, 6.07) is 13.3. The molecule has 1 aliphatic rings. The van der Waals surface area contributed by atoms with E-state index in [4.69, 9.17) is 17.3 Å². The van der Waals surface area contributed by atoms with Gasteiger partial charge in [0.1, 0.15) is 5.82 Å². The highest BCUT2D eigenvalue weighted by Gasteiger charge is 2.20. The van der Waals surface area contributed by atoms with Crippen LogP contribution < -0.4 is 5.73 Å². The lowest BCUT2D eigenvalue weighted by molar-refractivity contribution is 0.419. The molecule has 1 unspecified atom stereocenters. The fourth-order valence-corrected chi connectivity index (χ4v) is 3.04. The van der Waals surface area contributed by atoms with Crippen LogP contribution in [0.3, 0.4) is 0 Å². The first-order valence-electron chi connectivity index (χ1n) is 7.43. The monoisotopic (exact) mass is 303 g/mol. The zero-order valence-electron chi connectivity index (χ0n) is 11.9. The lowest BCUT2D eigenvalue weighted by Gasteiger charge is -2.26. The van der Waals surface area contributed by atoms with E-state index in [0.717, 1.165) is 5.56 Å². The molecule has 0 aliphatic heterocycles. The van der Waals surface area contributed by atoms with Gasteiger partial charge in [-0.05, 0) is 47.9 Å². The average molecular weight is 304 g/mol. The molecule has 0 radical (unpaired) electrons. The van der Waals surface area contributed by atoms with E-state index < -0.39 is 0 Å². The van der Waals surface area contributed by atoms with Crippen molar-refractivity contribution in [1.29, 1.82) is 0 Å². The summed E-state index contributed by atoms with van der Waals surface area (Å²) in [6.45, 7) is 0. The fourth-order valence-electron chi connectivity index (χ4n) is 2.85. The SMILES string of the molecule is NC(Cc1cccc(Cl)c1F)c1cccc(C2CCC2)c1. The summed E-state index contributed by atoms with van der Waals surface area (Å²) < 4.78 is 14.0. The van der Waals surface area contributed by atoms with Gasteiger partial charge in [0, 0.05) is 6.04 Å². The molecule has 2 aromatic rings. The maximum atomic E-state index is 14.0. The molecule has 0 heterocycles. The molecule has 0 amide bonds. The largest absolute Gasteiger partial charge is 0.324 e. The first-order chi connectivity index (χ1) is 10.1. The van der Waals surface area contributed by atoms with Gasteiger partial charge in [0.2, 0.25) is 0 Å². The molecule has 1 saturated carbocycles. The molecule has 1 nitrogen and oxygen atoms in total. The van der Waals surface area contributed by atoms with E-state index in [1.807, 2.05) is 6.07 Å². The lowest BCUT2D eigenvalue weighted by atomic mass is 9.79. The average Bonchev–Trinajstić information content (AvgIpc) is 2.42. The van der Waals surface area contributed by atoms with Gasteiger partial charge < -0.3 is 5.73 Å². The van der Waals surface area contributed by atoms with Crippen molar-refractivity contribution >= 4 is 11.6 Å². The molecule has 3 rings (SSSR count). The zero-order chi connectivity index (χ0) is 14.8. The van der Waals surface area contributed by atoms with Gasteiger partial charge in [-0.15, -0.1) is 0 Å². The van der Waals surface area contributed by atoms with E-state index in [2.05, 4.69) is 18.2 Å². The molecule has 2 aromatic carbocycles. The Morgan fingerprint density at radius 3 is 2.67 bits per heavy atom. The van der Waals surface area contributed by atoms with Crippen LogP contribution >= 0.6 is 11.6 Å². The van der Waals surface area contributed by atoms with Crippen LogP contribution in [-0.2, 0) is 6.42 Å². The van der Waals surface area contributed by atoms with Gasteiger partial charge in [-0.2, -0.15) is 0 Å². The van der Waals surface area contributed by atoms with Crippen LogP contribution in [-0.4, -0.2) is 0 Å². The van der Waals surface area contributed by atoms with Gasteiger partial charge >= 0.3 is 0 Å². The summed E-state index contributed by atoms with van der Waals surface area (Å²) in [5.74, 6) is 0.324. The van der Waals surface area contributed by atoms with Crippen LogP contribution in [0.1, 0.15) is 47.9 Å². The van der Waals surface area contributed by atoms with E-state index in [9.17, 15) is 4.39 Å². The highest BCUT2D eigenvalue weighted by molar-refractivity contribution is 6.30. The molecule has 1 fully saturated rings. The van der Waals surface area contributed by atoms with E-state index in [-0.39, 0.29) is 16.9 Å². The van der Waals surface area contributed by atoms with E-state index in [1.54, 1.807) is 18.2 Å². The standard InChI is InChI=1S/C18H19ClFN/c19-16-9-3-8-15(18(16)20)11-17(21)14-7-2-6-13(10-14)12-4-1-5-12/h2-3,6-10,12,17H,1,4-5,11,21H2. The highest BCUT2D eigenvalue weighted by atomic mass is 35.5. The van der Waals surface area contributed by atoms with Crippen LogP contribution in [0.25, 0.3) is 0 Å². The Hall–Kier alpha value is -1.38. The number of halogens is 2. The third kappa shape index (κ3) is 3.12. The summed E-state index contributed by atoms with van der Waals surface area (Å²) >= 11 is 5.82. The van der Waals surface area contributed by atoms with Gasteiger partial charge in [-0.1, -0.05) is 54.4 Å². The summed E-state index contributed by atoms with van der Waals surface area (Å²) in [5.41, 5.74) is 9.27. The molecule has 0 aromatic heterocycles. The van der Waals surface area contributed by atoms with E-state index in [0.29, 0.717) is 17.9 Å². The minimum atomic E-state index is -0.357. The summed E-state index contributed by atoms with van der Waals surface area (Å²) in [4.78, 5) is 0. The molecule has 21 heavy (non-hydrogen) atoms. The molecule has 1 atom stereocenters. The molecule has 0 bridgehead atoms. The smallest absolute Gasteiger partial charge is 0.145 e. The second-order valence-electron chi connectivity index (χ2n) is 5.82. The van der Waals surface area contributed by atoms with Gasteiger partial charge in [-0.25, -0.2) is 4.39 Å². The topological polar surface area (TPSA) is 26.0 Å². The van der Waals surface area contributed by atoms with Crippen molar-refractivity contribution in [3.8, 4) is 0 Å². The molecule has 1 aliphatic carbocycles. The quantitative estimate of drug-likeness (QED) is 0.846. The Bertz CT molecular complexity index is 637. The van der Waals surface area contributed by atoms with E-state index >= 15 is 0 Å². The normalized spacial score (nSPS) is 16.5. The van der Waals surface area contributed by atoms with Gasteiger partial charge in [0.05, 0.1) is 5.02 Å². The van der Waals surface area contributed by atoms with Gasteiger partial charge in [0.25, 0.3) is 0 Å². The Morgan fingerprint density at radius 1 is 1.19 bits per heavy atom. The molecular weight excluding hydrogens is 285 g/mol. The predicted octanol–water partition coefficient (Wildman–Crippen LogP) is 4.99. The second kappa shape index (κ2) is 6.17. The predicted molar refractivity (Wildman–Crippen MR) is 85.1 cm³/mol. The number of hydrogen-bond acceptors (Lipinski definition) is 1. The number of rotatable bonds is 4. The maximum Gasteiger partial charge on any atom is 0.145 e. The number of nitrogens with two attached hydrogens (primary N) is 1. The lowest BCUT2D eigenvalue weighted by Crippen LogP contribution is -2.15. The first kappa shape index (κ1) is 14.6. The second-order valence-corrected chi connectivity index (χ2v) is 6.23. The Labute approximate surface area is 129 Å². The van der Waals surface area contributed by atoms with Crippen molar-refractivity contribution in [2.75, 3.05) is 0 Å². The third-order valence-electron chi connectivity index (χ3n) is 4.39. The van der Waals surface area contributed by atoms with Gasteiger partial charge in [-0.3, -0.25) is 0 Å². The van der Waals surface area contributed by atoms with Crippen molar-refractivity contribution in [3.63, 3.8) is 0 Å². The van der Waals surface area contributed by atoms with Crippen LogP contribution in [0, 0.1) is 5.82 Å². The fraction of sp³-hybridized carbons (Fsp3) is 0.333. The van der Waals surface area contributed by atoms with Crippen molar-refractivity contribution in [3.05, 3.63) is 70.0 Å². The minimum Gasteiger partial charge on any atom is -0.324 e.